The Morgan fingerprint density at radius 3 is 2.57 bits per heavy atom. The second-order valence-electron chi connectivity index (χ2n) is 7.71. The molecule has 1 amide bonds. The fourth-order valence-electron chi connectivity index (χ4n) is 3.49. The molecule has 0 atom stereocenters. The minimum atomic E-state index is -0.254. The van der Waals surface area contributed by atoms with Gasteiger partial charge in [-0.05, 0) is 54.1 Å². The highest BCUT2D eigenvalue weighted by molar-refractivity contribution is 6.34. The Labute approximate surface area is 206 Å². The Bertz CT molecular complexity index is 1460. The van der Waals surface area contributed by atoms with E-state index < -0.39 is 0 Å². The van der Waals surface area contributed by atoms with E-state index in [1.807, 2.05) is 59.3 Å². The summed E-state index contributed by atoms with van der Waals surface area (Å²) in [5.74, 6) is 1.32. The SMILES string of the molecule is COc1ccc(-c2noc(-c3cn(Cc4ccc(NC(=O)c5ccccc5Cl)cc4)cn3)n2)cc1. The van der Waals surface area contributed by atoms with Crippen molar-refractivity contribution in [2.45, 2.75) is 6.54 Å². The Morgan fingerprint density at radius 1 is 1.06 bits per heavy atom. The number of imidazole rings is 1. The molecule has 2 aromatic heterocycles. The molecule has 2 heterocycles. The molecule has 9 heteroatoms. The first kappa shape index (κ1) is 22.4. The van der Waals surface area contributed by atoms with Gasteiger partial charge in [-0.3, -0.25) is 4.79 Å². The van der Waals surface area contributed by atoms with E-state index >= 15 is 0 Å². The topological polar surface area (TPSA) is 95.1 Å². The predicted molar refractivity (Wildman–Crippen MR) is 132 cm³/mol. The van der Waals surface area contributed by atoms with Crippen molar-refractivity contribution < 1.29 is 14.1 Å². The molecule has 5 aromatic rings. The number of carbonyl (C=O) groups excluding carboxylic acids is 1. The van der Waals surface area contributed by atoms with Crippen LogP contribution in [0.5, 0.6) is 5.75 Å². The summed E-state index contributed by atoms with van der Waals surface area (Å²) in [5, 5.41) is 7.33. The summed E-state index contributed by atoms with van der Waals surface area (Å²) in [5.41, 5.74) is 3.55. The molecule has 0 aliphatic rings. The second-order valence-corrected chi connectivity index (χ2v) is 8.12. The lowest BCUT2D eigenvalue weighted by Crippen LogP contribution is -2.12. The molecule has 1 N–H and O–H groups in total. The van der Waals surface area contributed by atoms with E-state index in [9.17, 15) is 4.79 Å². The Kier molecular flexibility index (Phi) is 6.28. The Hall–Kier alpha value is -4.43. The highest BCUT2D eigenvalue weighted by Crippen LogP contribution is 2.23. The van der Waals surface area contributed by atoms with Gasteiger partial charge in [0.25, 0.3) is 11.8 Å². The molecule has 0 bridgehead atoms. The third kappa shape index (κ3) is 5.07. The molecule has 0 fully saturated rings. The van der Waals surface area contributed by atoms with Crippen molar-refractivity contribution in [1.82, 2.24) is 19.7 Å². The first-order valence-corrected chi connectivity index (χ1v) is 11.1. The molecule has 0 unspecified atom stereocenters. The molecule has 0 aliphatic carbocycles. The van der Waals surface area contributed by atoms with Crippen molar-refractivity contribution >= 4 is 23.2 Å². The number of hydrogen-bond donors (Lipinski definition) is 1. The molecular formula is C26H20ClN5O3. The van der Waals surface area contributed by atoms with E-state index in [0.717, 1.165) is 16.9 Å². The lowest BCUT2D eigenvalue weighted by atomic mass is 10.2. The maximum Gasteiger partial charge on any atom is 0.278 e. The summed E-state index contributed by atoms with van der Waals surface area (Å²) in [6.07, 6.45) is 3.55. The van der Waals surface area contributed by atoms with Crippen molar-refractivity contribution in [3.05, 3.63) is 101 Å². The van der Waals surface area contributed by atoms with E-state index in [4.69, 9.17) is 20.9 Å². The van der Waals surface area contributed by atoms with Gasteiger partial charge in [0.2, 0.25) is 5.82 Å². The molecule has 8 nitrogen and oxygen atoms in total. The number of halogens is 1. The molecule has 0 saturated heterocycles. The number of rotatable bonds is 7. The van der Waals surface area contributed by atoms with Gasteiger partial charge < -0.3 is 19.1 Å². The summed E-state index contributed by atoms with van der Waals surface area (Å²) < 4.78 is 12.5. The molecule has 174 valence electrons. The van der Waals surface area contributed by atoms with E-state index in [1.54, 1.807) is 37.7 Å². The van der Waals surface area contributed by atoms with Gasteiger partial charge in [0, 0.05) is 24.0 Å². The minimum Gasteiger partial charge on any atom is -0.497 e. The zero-order valence-electron chi connectivity index (χ0n) is 18.7. The Balaban J connectivity index is 1.23. The lowest BCUT2D eigenvalue weighted by Gasteiger charge is -2.08. The summed E-state index contributed by atoms with van der Waals surface area (Å²) in [4.78, 5) is 21.3. The number of carbonyl (C=O) groups is 1. The number of amides is 1. The van der Waals surface area contributed by atoms with Crippen molar-refractivity contribution in [3.8, 4) is 28.7 Å². The summed E-state index contributed by atoms with van der Waals surface area (Å²) >= 11 is 6.10. The number of nitrogens with one attached hydrogen (secondary N) is 1. The number of ether oxygens (including phenoxy) is 1. The van der Waals surface area contributed by atoms with Crippen LogP contribution in [0, 0.1) is 0 Å². The smallest absolute Gasteiger partial charge is 0.278 e. The molecule has 3 aromatic carbocycles. The van der Waals surface area contributed by atoms with Crippen LogP contribution < -0.4 is 10.1 Å². The Morgan fingerprint density at radius 2 is 1.83 bits per heavy atom. The van der Waals surface area contributed by atoms with Gasteiger partial charge in [-0.25, -0.2) is 4.98 Å². The molecule has 5 rings (SSSR count). The number of hydrogen-bond acceptors (Lipinski definition) is 6. The van der Waals surface area contributed by atoms with Crippen LogP contribution in [0.2, 0.25) is 5.02 Å². The molecule has 0 radical (unpaired) electrons. The average Bonchev–Trinajstić information content (AvgIpc) is 3.55. The van der Waals surface area contributed by atoms with Crippen LogP contribution in [0.3, 0.4) is 0 Å². The third-order valence-electron chi connectivity index (χ3n) is 5.32. The van der Waals surface area contributed by atoms with Crippen LogP contribution in [-0.2, 0) is 6.54 Å². The van der Waals surface area contributed by atoms with Gasteiger partial charge in [0.15, 0.2) is 0 Å². The summed E-state index contributed by atoms with van der Waals surface area (Å²) in [7, 11) is 1.62. The fraction of sp³-hybridized carbons (Fsp3) is 0.0769. The monoisotopic (exact) mass is 485 g/mol. The van der Waals surface area contributed by atoms with E-state index in [2.05, 4.69) is 20.4 Å². The maximum absolute atomic E-state index is 12.4. The largest absolute Gasteiger partial charge is 0.497 e. The molecule has 0 aliphatic heterocycles. The number of nitrogens with zero attached hydrogens (tertiary/aromatic N) is 4. The van der Waals surface area contributed by atoms with Gasteiger partial charge in [-0.2, -0.15) is 4.98 Å². The number of aromatic nitrogens is 4. The van der Waals surface area contributed by atoms with Gasteiger partial charge in [-0.15, -0.1) is 0 Å². The van der Waals surface area contributed by atoms with E-state index in [0.29, 0.717) is 40.2 Å². The fourth-order valence-corrected chi connectivity index (χ4v) is 3.71. The first-order chi connectivity index (χ1) is 17.1. The molecule has 0 saturated carbocycles. The minimum absolute atomic E-state index is 0.254. The standard InChI is InChI=1S/C26H20ClN5O3/c1-34-20-12-8-18(9-13-20)24-30-26(35-31-24)23-15-32(16-28-23)14-17-6-10-19(11-7-17)29-25(33)21-4-2-3-5-22(21)27/h2-13,15-16H,14H2,1H3,(H,29,33). The van der Waals surface area contributed by atoms with Crippen molar-refractivity contribution in [1.29, 1.82) is 0 Å². The van der Waals surface area contributed by atoms with Gasteiger partial charge in [0.05, 0.1) is 24.0 Å². The third-order valence-corrected chi connectivity index (χ3v) is 5.65. The first-order valence-electron chi connectivity index (χ1n) is 10.7. The molecule has 0 spiro atoms. The second kappa shape index (κ2) is 9.82. The summed E-state index contributed by atoms with van der Waals surface area (Å²) in [6, 6.07) is 21.9. The van der Waals surface area contributed by atoms with Crippen LogP contribution in [0.4, 0.5) is 5.69 Å². The highest BCUT2D eigenvalue weighted by Gasteiger charge is 2.14. The van der Waals surface area contributed by atoms with Crippen molar-refractivity contribution in [2.24, 2.45) is 0 Å². The maximum atomic E-state index is 12.4. The van der Waals surface area contributed by atoms with Crippen LogP contribution in [0.15, 0.2) is 89.8 Å². The van der Waals surface area contributed by atoms with Gasteiger partial charge in [0.1, 0.15) is 11.4 Å². The lowest BCUT2D eigenvalue weighted by molar-refractivity contribution is 0.102. The van der Waals surface area contributed by atoms with Crippen molar-refractivity contribution in [2.75, 3.05) is 12.4 Å². The highest BCUT2D eigenvalue weighted by atomic mass is 35.5. The van der Waals surface area contributed by atoms with Gasteiger partial charge >= 0.3 is 0 Å². The van der Waals surface area contributed by atoms with Crippen LogP contribution in [0.25, 0.3) is 23.0 Å². The molecule has 35 heavy (non-hydrogen) atoms. The number of benzene rings is 3. The van der Waals surface area contributed by atoms with Crippen LogP contribution >= 0.6 is 11.6 Å². The number of anilines is 1. The van der Waals surface area contributed by atoms with E-state index in [1.165, 1.54) is 0 Å². The van der Waals surface area contributed by atoms with Crippen LogP contribution in [-0.4, -0.2) is 32.7 Å². The quantitative estimate of drug-likeness (QED) is 0.324. The normalized spacial score (nSPS) is 10.8. The van der Waals surface area contributed by atoms with Crippen molar-refractivity contribution in [3.63, 3.8) is 0 Å². The zero-order valence-corrected chi connectivity index (χ0v) is 19.4. The predicted octanol–water partition coefficient (Wildman–Crippen LogP) is 5.56. The average molecular weight is 486 g/mol. The zero-order chi connectivity index (χ0) is 24.2. The van der Waals surface area contributed by atoms with Crippen LogP contribution in [0.1, 0.15) is 15.9 Å². The molecular weight excluding hydrogens is 466 g/mol. The van der Waals surface area contributed by atoms with E-state index in [-0.39, 0.29) is 5.91 Å². The van der Waals surface area contributed by atoms with Gasteiger partial charge in [-0.1, -0.05) is 41.0 Å². The summed E-state index contributed by atoms with van der Waals surface area (Å²) in [6.45, 7) is 0.589. The number of methoxy groups -OCH3 is 1.